The largest absolute Gasteiger partial charge is 0.213 e. The van der Waals surface area contributed by atoms with E-state index in [4.69, 9.17) is 0 Å². The van der Waals surface area contributed by atoms with Crippen LogP contribution in [0.4, 0.5) is 4.39 Å². The summed E-state index contributed by atoms with van der Waals surface area (Å²) in [5, 5.41) is 2.37. The highest BCUT2D eigenvalue weighted by Gasteiger charge is 2.16. The van der Waals surface area contributed by atoms with Crippen LogP contribution in [0.3, 0.4) is 0 Å². The minimum atomic E-state index is -0.209. The lowest BCUT2D eigenvalue weighted by atomic mass is 9.95. The average Bonchev–Trinajstić information content (AvgIpc) is 2.64. The summed E-state index contributed by atoms with van der Waals surface area (Å²) in [6.07, 6.45) is 2.18. The molecule has 0 atom stereocenters. The standard InChI is InChI=1S/C25H23FN/c1-16-11-17(2)18(3)24(12-16)25-14-22-13-20(5-6-21(22)15-27(25)4)19-7-9-23(26)10-8-19/h5-15H,1-4H3/q+1. The van der Waals surface area contributed by atoms with Crippen molar-refractivity contribution in [2.75, 3.05) is 0 Å². The lowest BCUT2D eigenvalue weighted by Crippen LogP contribution is -2.30. The summed E-state index contributed by atoms with van der Waals surface area (Å²) < 4.78 is 15.4. The zero-order chi connectivity index (χ0) is 19.1. The number of fused-ring (bicyclic) bond motifs is 1. The molecule has 0 aliphatic heterocycles. The van der Waals surface area contributed by atoms with Gasteiger partial charge in [-0.3, -0.25) is 0 Å². The molecule has 2 heteroatoms. The Morgan fingerprint density at radius 1 is 0.741 bits per heavy atom. The molecule has 4 aromatic rings. The molecule has 0 saturated carbocycles. The van der Waals surface area contributed by atoms with Crippen molar-refractivity contribution in [2.45, 2.75) is 20.8 Å². The Morgan fingerprint density at radius 2 is 1.44 bits per heavy atom. The zero-order valence-corrected chi connectivity index (χ0v) is 16.2. The first kappa shape index (κ1) is 17.4. The Bertz CT molecular complexity index is 1160. The minimum Gasteiger partial charge on any atom is -0.207 e. The summed E-state index contributed by atoms with van der Waals surface area (Å²) in [6, 6.07) is 19.8. The molecule has 0 spiro atoms. The number of nitrogens with zero attached hydrogens (tertiary/aromatic N) is 1. The van der Waals surface area contributed by atoms with Gasteiger partial charge >= 0.3 is 0 Å². The number of aromatic nitrogens is 1. The molecule has 0 amide bonds. The monoisotopic (exact) mass is 356 g/mol. The maximum Gasteiger partial charge on any atom is 0.213 e. The van der Waals surface area contributed by atoms with Crippen LogP contribution in [0.1, 0.15) is 16.7 Å². The van der Waals surface area contributed by atoms with Gasteiger partial charge in [0.1, 0.15) is 12.9 Å². The molecule has 1 heterocycles. The fourth-order valence-electron chi connectivity index (χ4n) is 3.74. The number of rotatable bonds is 2. The SMILES string of the molecule is Cc1cc(C)c(C)c(-c2cc3cc(-c4ccc(F)cc4)ccc3c[n+]2C)c1. The highest BCUT2D eigenvalue weighted by atomic mass is 19.1. The molecule has 0 aliphatic carbocycles. The molecule has 0 fully saturated rings. The summed E-state index contributed by atoms with van der Waals surface area (Å²) in [5.74, 6) is -0.209. The van der Waals surface area contributed by atoms with Gasteiger partial charge in [0.05, 0.1) is 0 Å². The van der Waals surface area contributed by atoms with E-state index in [1.807, 2.05) is 12.1 Å². The zero-order valence-electron chi connectivity index (χ0n) is 16.2. The third-order valence-corrected chi connectivity index (χ3v) is 5.36. The van der Waals surface area contributed by atoms with Gasteiger partial charge in [-0.2, -0.15) is 0 Å². The maximum atomic E-state index is 13.2. The summed E-state index contributed by atoms with van der Waals surface area (Å²) >= 11 is 0. The van der Waals surface area contributed by atoms with Crippen LogP contribution < -0.4 is 4.57 Å². The lowest BCUT2D eigenvalue weighted by Gasteiger charge is -2.11. The maximum absolute atomic E-state index is 13.2. The van der Waals surface area contributed by atoms with Gasteiger partial charge < -0.3 is 0 Å². The van der Waals surface area contributed by atoms with Gasteiger partial charge in [0, 0.05) is 17.0 Å². The Morgan fingerprint density at radius 3 is 2.19 bits per heavy atom. The summed E-state index contributed by atoms with van der Waals surface area (Å²) in [5.41, 5.74) is 8.48. The Kier molecular flexibility index (Phi) is 4.27. The number of hydrogen-bond acceptors (Lipinski definition) is 0. The molecular formula is C25H23FN+. The van der Waals surface area contributed by atoms with Crippen LogP contribution in [0, 0.1) is 26.6 Å². The van der Waals surface area contributed by atoms with Crippen LogP contribution in [0.25, 0.3) is 33.2 Å². The lowest BCUT2D eigenvalue weighted by molar-refractivity contribution is -0.659. The van der Waals surface area contributed by atoms with E-state index in [1.165, 1.54) is 50.9 Å². The van der Waals surface area contributed by atoms with Gasteiger partial charge in [0.15, 0.2) is 6.20 Å². The second kappa shape index (κ2) is 6.62. The first-order valence-electron chi connectivity index (χ1n) is 9.20. The van der Waals surface area contributed by atoms with Crippen molar-refractivity contribution in [1.29, 1.82) is 0 Å². The number of hydrogen-bond donors (Lipinski definition) is 0. The van der Waals surface area contributed by atoms with E-state index in [9.17, 15) is 4.39 Å². The average molecular weight is 356 g/mol. The molecular weight excluding hydrogens is 333 g/mol. The highest BCUT2D eigenvalue weighted by molar-refractivity contribution is 5.88. The van der Waals surface area contributed by atoms with Gasteiger partial charge in [-0.25, -0.2) is 8.96 Å². The van der Waals surface area contributed by atoms with E-state index in [0.717, 1.165) is 11.1 Å². The molecule has 0 aliphatic rings. The second-order valence-electron chi connectivity index (χ2n) is 7.37. The van der Waals surface area contributed by atoms with Crippen molar-refractivity contribution in [3.8, 4) is 22.4 Å². The van der Waals surface area contributed by atoms with Crippen LogP contribution >= 0.6 is 0 Å². The van der Waals surface area contributed by atoms with Gasteiger partial charge in [-0.05, 0) is 78.7 Å². The van der Waals surface area contributed by atoms with E-state index < -0.39 is 0 Å². The second-order valence-corrected chi connectivity index (χ2v) is 7.37. The predicted octanol–water partition coefficient (Wildman–Crippen LogP) is 6.06. The van der Waals surface area contributed by atoms with Gasteiger partial charge in [-0.15, -0.1) is 0 Å². The molecule has 4 rings (SSSR count). The fourth-order valence-corrected chi connectivity index (χ4v) is 3.74. The molecule has 1 aromatic heterocycles. The van der Waals surface area contributed by atoms with Gasteiger partial charge in [0.2, 0.25) is 5.69 Å². The number of aryl methyl sites for hydroxylation is 3. The molecule has 134 valence electrons. The van der Waals surface area contributed by atoms with Crippen molar-refractivity contribution >= 4 is 10.8 Å². The van der Waals surface area contributed by atoms with E-state index in [-0.39, 0.29) is 5.82 Å². The molecule has 0 N–H and O–H groups in total. The number of pyridine rings is 1. The minimum absolute atomic E-state index is 0.209. The van der Waals surface area contributed by atoms with Crippen LogP contribution in [0.2, 0.25) is 0 Å². The Labute approximate surface area is 159 Å². The van der Waals surface area contributed by atoms with Crippen LogP contribution in [0.15, 0.2) is 66.9 Å². The van der Waals surface area contributed by atoms with Crippen molar-refractivity contribution in [3.63, 3.8) is 0 Å². The molecule has 0 unspecified atom stereocenters. The smallest absolute Gasteiger partial charge is 0.207 e. The molecule has 0 saturated heterocycles. The number of halogens is 1. The summed E-state index contributed by atoms with van der Waals surface area (Å²) in [4.78, 5) is 0. The van der Waals surface area contributed by atoms with Gasteiger partial charge in [0.25, 0.3) is 0 Å². The van der Waals surface area contributed by atoms with E-state index in [2.05, 4.69) is 75.0 Å². The highest BCUT2D eigenvalue weighted by Crippen LogP contribution is 2.29. The normalized spacial score (nSPS) is 11.1. The van der Waals surface area contributed by atoms with E-state index >= 15 is 0 Å². The number of benzene rings is 3. The summed E-state index contributed by atoms with van der Waals surface area (Å²) in [6.45, 7) is 6.49. The van der Waals surface area contributed by atoms with Crippen molar-refractivity contribution in [1.82, 2.24) is 0 Å². The van der Waals surface area contributed by atoms with Crippen molar-refractivity contribution < 1.29 is 8.96 Å². The van der Waals surface area contributed by atoms with Gasteiger partial charge in [-0.1, -0.05) is 29.8 Å². The molecule has 3 aromatic carbocycles. The first-order valence-corrected chi connectivity index (χ1v) is 9.20. The molecule has 0 bridgehead atoms. The van der Waals surface area contributed by atoms with Crippen LogP contribution in [-0.2, 0) is 7.05 Å². The van der Waals surface area contributed by atoms with Crippen LogP contribution in [0.5, 0.6) is 0 Å². The third kappa shape index (κ3) is 3.23. The van der Waals surface area contributed by atoms with E-state index in [0.29, 0.717) is 0 Å². The topological polar surface area (TPSA) is 3.88 Å². The molecule has 27 heavy (non-hydrogen) atoms. The molecule has 1 nitrogen and oxygen atoms in total. The fraction of sp³-hybridized carbons (Fsp3) is 0.160. The first-order chi connectivity index (χ1) is 12.9. The Balaban J connectivity index is 1.90. The van der Waals surface area contributed by atoms with Crippen molar-refractivity contribution in [2.24, 2.45) is 7.05 Å². The third-order valence-electron chi connectivity index (χ3n) is 5.36. The van der Waals surface area contributed by atoms with Crippen LogP contribution in [-0.4, -0.2) is 0 Å². The summed E-state index contributed by atoms with van der Waals surface area (Å²) in [7, 11) is 2.10. The van der Waals surface area contributed by atoms with E-state index in [1.54, 1.807) is 0 Å². The van der Waals surface area contributed by atoms with Crippen molar-refractivity contribution in [3.05, 3.63) is 89.4 Å². The Hall–Kier alpha value is -3.00. The quantitative estimate of drug-likeness (QED) is 0.384. The predicted molar refractivity (Wildman–Crippen MR) is 110 cm³/mol. The molecule has 0 radical (unpaired) electrons.